The molecule has 2 rings (SSSR count). The fraction of sp³-hybridized carbons (Fsp3) is 0.583. The Balaban J connectivity index is 2.03. The van der Waals surface area contributed by atoms with Gasteiger partial charge in [-0.1, -0.05) is 11.6 Å². The largest absolute Gasteiger partial charge is 0.373 e. The number of ether oxygens (including phenoxy) is 1. The summed E-state index contributed by atoms with van der Waals surface area (Å²) in [7, 11) is 2.04. The van der Waals surface area contributed by atoms with Crippen LogP contribution in [0, 0.1) is 10.1 Å². The van der Waals surface area contributed by atoms with Gasteiger partial charge >= 0.3 is 0 Å². The van der Waals surface area contributed by atoms with E-state index in [1.54, 1.807) is 0 Å². The summed E-state index contributed by atoms with van der Waals surface area (Å²) in [5, 5.41) is 14.0. The number of nitrogens with zero attached hydrogens (tertiary/aromatic N) is 3. The monoisotopic (exact) mass is 300 g/mol. The Kier molecular flexibility index (Phi) is 4.74. The first-order valence-corrected chi connectivity index (χ1v) is 6.72. The van der Waals surface area contributed by atoms with E-state index in [2.05, 4.69) is 15.2 Å². The number of halogens is 1. The highest BCUT2D eigenvalue weighted by molar-refractivity contribution is 6.33. The highest BCUT2D eigenvalue weighted by Gasteiger charge is 2.24. The van der Waals surface area contributed by atoms with E-state index in [0.717, 1.165) is 13.1 Å². The van der Waals surface area contributed by atoms with Crippen molar-refractivity contribution in [3.05, 3.63) is 27.4 Å². The Morgan fingerprint density at radius 3 is 3.05 bits per heavy atom. The molecule has 7 nitrogen and oxygen atoms in total. The van der Waals surface area contributed by atoms with Crippen LogP contribution in [0.15, 0.2) is 12.3 Å². The molecule has 1 aliphatic heterocycles. The summed E-state index contributed by atoms with van der Waals surface area (Å²) in [6.45, 7) is 4.40. The zero-order valence-corrected chi connectivity index (χ0v) is 12.1. The van der Waals surface area contributed by atoms with E-state index in [9.17, 15) is 10.1 Å². The van der Waals surface area contributed by atoms with Crippen LogP contribution in [0.3, 0.4) is 0 Å². The molecule has 2 atom stereocenters. The lowest BCUT2D eigenvalue weighted by Gasteiger charge is -2.34. The van der Waals surface area contributed by atoms with Gasteiger partial charge in [-0.3, -0.25) is 10.1 Å². The van der Waals surface area contributed by atoms with Crippen LogP contribution < -0.4 is 5.32 Å². The Bertz CT molecular complexity index is 500. The molecule has 2 unspecified atom stereocenters. The minimum absolute atomic E-state index is 0.00389. The number of hydrogen-bond donors (Lipinski definition) is 1. The third kappa shape index (κ3) is 3.56. The van der Waals surface area contributed by atoms with Gasteiger partial charge in [0, 0.05) is 19.2 Å². The maximum atomic E-state index is 10.6. The number of nitro groups is 1. The molecule has 1 aliphatic rings. The first kappa shape index (κ1) is 15.0. The number of rotatable bonds is 4. The van der Waals surface area contributed by atoms with Crippen molar-refractivity contribution < 1.29 is 9.66 Å². The van der Waals surface area contributed by atoms with E-state index in [-0.39, 0.29) is 22.9 Å². The fourth-order valence-corrected chi connectivity index (χ4v) is 2.27. The van der Waals surface area contributed by atoms with E-state index in [1.165, 1.54) is 12.3 Å². The van der Waals surface area contributed by atoms with E-state index < -0.39 is 4.92 Å². The van der Waals surface area contributed by atoms with Crippen LogP contribution in [0.5, 0.6) is 0 Å². The van der Waals surface area contributed by atoms with Gasteiger partial charge in [0.05, 0.1) is 28.7 Å². The molecule has 110 valence electrons. The maximum Gasteiger partial charge on any atom is 0.289 e. The molecular formula is C12H17ClN4O3. The third-order valence-electron chi connectivity index (χ3n) is 3.26. The summed E-state index contributed by atoms with van der Waals surface area (Å²) in [4.78, 5) is 16.3. The lowest BCUT2D eigenvalue weighted by Crippen LogP contribution is -2.47. The molecule has 1 fully saturated rings. The molecule has 0 spiro atoms. The zero-order valence-electron chi connectivity index (χ0n) is 11.4. The molecule has 0 radical (unpaired) electrons. The lowest BCUT2D eigenvalue weighted by atomic mass is 10.1. The molecule has 1 N–H and O–H groups in total. The second-order valence-electron chi connectivity index (χ2n) is 4.89. The Labute approximate surface area is 122 Å². The Morgan fingerprint density at radius 2 is 2.45 bits per heavy atom. The average Bonchev–Trinajstić information content (AvgIpc) is 2.40. The summed E-state index contributed by atoms with van der Waals surface area (Å²) in [5.74, 6) is 0.432. The molecule has 0 amide bonds. The molecule has 0 aromatic carbocycles. The average molecular weight is 301 g/mol. The molecule has 20 heavy (non-hydrogen) atoms. The normalized spacial score (nSPS) is 21.4. The lowest BCUT2D eigenvalue weighted by molar-refractivity contribution is -0.385. The standard InChI is InChI=1S/C12H17ClN4O3/c1-8(11-7-16(2)3-4-20-11)15-12-10(13)5-9(6-14-12)17(18)19/h5-6,8,11H,3-4,7H2,1-2H3,(H,14,15). The van der Waals surface area contributed by atoms with Gasteiger partial charge in [0.15, 0.2) is 0 Å². The molecule has 1 aromatic rings. The van der Waals surface area contributed by atoms with Gasteiger partial charge in [0.2, 0.25) is 0 Å². The number of aromatic nitrogens is 1. The fourth-order valence-electron chi connectivity index (χ4n) is 2.06. The molecule has 0 saturated carbocycles. The van der Waals surface area contributed by atoms with Crippen LogP contribution in [-0.4, -0.2) is 53.7 Å². The van der Waals surface area contributed by atoms with Crippen molar-refractivity contribution in [1.29, 1.82) is 0 Å². The molecular weight excluding hydrogens is 284 g/mol. The number of nitrogens with one attached hydrogen (secondary N) is 1. The minimum atomic E-state index is -0.523. The second-order valence-corrected chi connectivity index (χ2v) is 5.29. The van der Waals surface area contributed by atoms with Crippen molar-refractivity contribution in [3.63, 3.8) is 0 Å². The van der Waals surface area contributed by atoms with E-state index >= 15 is 0 Å². The van der Waals surface area contributed by atoms with Gasteiger partial charge in [-0.2, -0.15) is 0 Å². The molecule has 2 heterocycles. The van der Waals surface area contributed by atoms with Crippen LogP contribution in [-0.2, 0) is 4.74 Å². The Morgan fingerprint density at radius 1 is 1.70 bits per heavy atom. The minimum Gasteiger partial charge on any atom is -0.373 e. The number of pyridine rings is 1. The van der Waals surface area contributed by atoms with Crippen molar-refractivity contribution in [2.45, 2.75) is 19.1 Å². The van der Waals surface area contributed by atoms with Gasteiger partial charge in [0.25, 0.3) is 5.69 Å². The predicted molar refractivity (Wildman–Crippen MR) is 76.2 cm³/mol. The van der Waals surface area contributed by atoms with Crippen LogP contribution in [0.25, 0.3) is 0 Å². The van der Waals surface area contributed by atoms with Crippen molar-refractivity contribution in [2.24, 2.45) is 0 Å². The van der Waals surface area contributed by atoms with Gasteiger partial charge in [-0.15, -0.1) is 0 Å². The van der Waals surface area contributed by atoms with Gasteiger partial charge in [-0.25, -0.2) is 4.98 Å². The first-order chi connectivity index (χ1) is 9.47. The highest BCUT2D eigenvalue weighted by Crippen LogP contribution is 2.25. The zero-order chi connectivity index (χ0) is 14.7. The smallest absolute Gasteiger partial charge is 0.289 e. The third-order valence-corrected chi connectivity index (χ3v) is 3.54. The van der Waals surface area contributed by atoms with Crippen molar-refractivity contribution >= 4 is 23.1 Å². The number of likely N-dealkylation sites (N-methyl/N-ethyl adjacent to an activating group) is 1. The number of anilines is 1. The molecule has 1 aromatic heterocycles. The van der Waals surface area contributed by atoms with Gasteiger partial charge in [0.1, 0.15) is 12.0 Å². The van der Waals surface area contributed by atoms with Crippen molar-refractivity contribution in [2.75, 3.05) is 32.1 Å². The van der Waals surface area contributed by atoms with E-state index in [4.69, 9.17) is 16.3 Å². The van der Waals surface area contributed by atoms with E-state index in [0.29, 0.717) is 12.4 Å². The quantitative estimate of drug-likeness (QED) is 0.674. The summed E-state index contributed by atoms with van der Waals surface area (Å²) < 4.78 is 5.70. The molecule has 1 saturated heterocycles. The maximum absolute atomic E-state index is 10.6. The summed E-state index contributed by atoms with van der Waals surface area (Å²) >= 11 is 6.00. The van der Waals surface area contributed by atoms with Crippen LogP contribution >= 0.6 is 11.6 Å². The number of morpholine rings is 1. The molecule has 0 bridgehead atoms. The van der Waals surface area contributed by atoms with E-state index in [1.807, 2.05) is 14.0 Å². The summed E-state index contributed by atoms with van der Waals surface area (Å²) in [5.41, 5.74) is -0.123. The van der Waals surface area contributed by atoms with Gasteiger partial charge in [-0.05, 0) is 14.0 Å². The van der Waals surface area contributed by atoms with Gasteiger partial charge < -0.3 is 15.0 Å². The molecule has 0 aliphatic carbocycles. The predicted octanol–water partition coefficient (Wildman–Crippen LogP) is 1.77. The molecule has 8 heteroatoms. The Hall–Kier alpha value is -1.44. The summed E-state index contributed by atoms with van der Waals surface area (Å²) in [6, 6.07) is 1.29. The van der Waals surface area contributed by atoms with Crippen molar-refractivity contribution in [1.82, 2.24) is 9.88 Å². The topological polar surface area (TPSA) is 80.5 Å². The van der Waals surface area contributed by atoms with Crippen molar-refractivity contribution in [3.8, 4) is 0 Å². The van der Waals surface area contributed by atoms with Crippen LogP contribution in [0.4, 0.5) is 11.5 Å². The first-order valence-electron chi connectivity index (χ1n) is 6.34. The highest BCUT2D eigenvalue weighted by atomic mass is 35.5. The van der Waals surface area contributed by atoms with Crippen LogP contribution in [0.1, 0.15) is 6.92 Å². The number of hydrogen-bond acceptors (Lipinski definition) is 6. The summed E-state index contributed by atoms with van der Waals surface area (Å²) in [6.07, 6.45) is 1.22. The van der Waals surface area contributed by atoms with Crippen LogP contribution in [0.2, 0.25) is 5.02 Å². The second kappa shape index (κ2) is 6.34. The SMILES string of the molecule is CC(Nc1ncc([N+](=O)[O-])cc1Cl)C1CN(C)CCO1.